The first-order valence-corrected chi connectivity index (χ1v) is 7.23. The van der Waals surface area contributed by atoms with Gasteiger partial charge in [-0.25, -0.2) is 0 Å². The fourth-order valence-electron chi connectivity index (χ4n) is 3.02. The molecule has 0 unspecified atom stereocenters. The second-order valence-corrected chi connectivity index (χ2v) is 5.56. The van der Waals surface area contributed by atoms with Gasteiger partial charge in [0.1, 0.15) is 0 Å². The molecule has 1 saturated carbocycles. The first kappa shape index (κ1) is 15.3. The highest BCUT2D eigenvalue weighted by atomic mass is 35.5. The standard InChI is InChI=1S/C14H27NO.ClH/c1-2-4-13(5-3-1)8-11-16-12-14-6-9-15-10-7-14;/h13-15H,1-12H2;1H/p-1. The Morgan fingerprint density at radius 1 is 0.882 bits per heavy atom. The molecule has 0 bridgehead atoms. The Hall–Kier alpha value is 0.210. The molecule has 2 fully saturated rings. The van der Waals surface area contributed by atoms with E-state index in [1.165, 1.54) is 64.5 Å². The van der Waals surface area contributed by atoms with Gasteiger partial charge in [-0.2, -0.15) is 0 Å². The van der Waals surface area contributed by atoms with Gasteiger partial charge in [-0.05, 0) is 44.2 Å². The molecule has 0 aromatic carbocycles. The van der Waals surface area contributed by atoms with Crippen LogP contribution in [0.2, 0.25) is 0 Å². The summed E-state index contributed by atoms with van der Waals surface area (Å²) in [4.78, 5) is 0. The van der Waals surface area contributed by atoms with E-state index < -0.39 is 0 Å². The van der Waals surface area contributed by atoms with Gasteiger partial charge in [-0.1, -0.05) is 32.1 Å². The average molecular weight is 261 g/mol. The summed E-state index contributed by atoms with van der Waals surface area (Å²) in [5.41, 5.74) is 0. The van der Waals surface area contributed by atoms with Gasteiger partial charge in [-0.3, -0.25) is 0 Å². The van der Waals surface area contributed by atoms with E-state index in [0.29, 0.717) is 0 Å². The first-order valence-electron chi connectivity index (χ1n) is 7.23. The monoisotopic (exact) mass is 260 g/mol. The Morgan fingerprint density at radius 3 is 2.29 bits per heavy atom. The molecular formula is C14H27ClNO-. The lowest BCUT2D eigenvalue weighted by atomic mass is 9.87. The Bertz CT molecular complexity index is 157. The van der Waals surface area contributed by atoms with E-state index in [9.17, 15) is 0 Å². The predicted octanol–water partition coefficient (Wildman–Crippen LogP) is -0.0230. The fourth-order valence-corrected chi connectivity index (χ4v) is 3.02. The normalized spacial score (nSPS) is 23.3. The summed E-state index contributed by atoms with van der Waals surface area (Å²) >= 11 is 0. The molecule has 102 valence electrons. The lowest BCUT2D eigenvalue weighted by molar-refractivity contribution is -0.00000431. The summed E-state index contributed by atoms with van der Waals surface area (Å²) in [7, 11) is 0. The van der Waals surface area contributed by atoms with Gasteiger partial charge in [0.05, 0.1) is 0 Å². The van der Waals surface area contributed by atoms with Crippen molar-refractivity contribution in [3.05, 3.63) is 0 Å². The molecule has 1 aliphatic heterocycles. The average Bonchev–Trinajstić information content (AvgIpc) is 2.37. The number of ether oxygens (including phenoxy) is 1. The molecule has 0 aromatic heterocycles. The van der Waals surface area contributed by atoms with E-state index in [2.05, 4.69) is 5.32 Å². The van der Waals surface area contributed by atoms with Crippen LogP contribution in [0.3, 0.4) is 0 Å². The molecule has 0 atom stereocenters. The molecule has 1 heterocycles. The van der Waals surface area contributed by atoms with Crippen molar-refractivity contribution in [2.75, 3.05) is 26.3 Å². The van der Waals surface area contributed by atoms with Gasteiger partial charge in [0.15, 0.2) is 0 Å². The van der Waals surface area contributed by atoms with Crippen molar-refractivity contribution in [1.82, 2.24) is 5.32 Å². The van der Waals surface area contributed by atoms with Crippen molar-refractivity contribution in [1.29, 1.82) is 0 Å². The van der Waals surface area contributed by atoms with E-state index >= 15 is 0 Å². The summed E-state index contributed by atoms with van der Waals surface area (Å²) in [6.45, 7) is 4.40. The number of rotatable bonds is 5. The summed E-state index contributed by atoms with van der Waals surface area (Å²) in [5, 5.41) is 3.40. The van der Waals surface area contributed by atoms with Crippen LogP contribution >= 0.6 is 0 Å². The number of piperidine rings is 1. The third kappa shape index (κ3) is 6.08. The molecule has 2 rings (SSSR count). The highest BCUT2D eigenvalue weighted by molar-refractivity contribution is 4.68. The van der Waals surface area contributed by atoms with Crippen molar-refractivity contribution in [2.45, 2.75) is 51.4 Å². The SMILES string of the molecule is C1CCC(CCOCC2CCNCC2)CC1.[Cl-]. The lowest BCUT2D eigenvalue weighted by Gasteiger charge is -2.24. The minimum atomic E-state index is 0. The van der Waals surface area contributed by atoms with Crippen LogP contribution in [-0.4, -0.2) is 26.3 Å². The van der Waals surface area contributed by atoms with E-state index in [-0.39, 0.29) is 12.4 Å². The van der Waals surface area contributed by atoms with Crippen LogP contribution in [0.1, 0.15) is 51.4 Å². The Labute approximate surface area is 112 Å². The van der Waals surface area contributed by atoms with Crippen LogP contribution < -0.4 is 17.7 Å². The maximum absolute atomic E-state index is 5.85. The molecular weight excluding hydrogens is 234 g/mol. The highest BCUT2D eigenvalue weighted by Crippen LogP contribution is 2.26. The van der Waals surface area contributed by atoms with Crippen LogP contribution in [0.4, 0.5) is 0 Å². The molecule has 0 spiro atoms. The minimum Gasteiger partial charge on any atom is -1.00 e. The van der Waals surface area contributed by atoms with Crippen LogP contribution in [0.15, 0.2) is 0 Å². The summed E-state index contributed by atoms with van der Waals surface area (Å²) in [6, 6.07) is 0. The van der Waals surface area contributed by atoms with Crippen molar-refractivity contribution < 1.29 is 17.1 Å². The van der Waals surface area contributed by atoms with E-state index in [1.807, 2.05) is 0 Å². The summed E-state index contributed by atoms with van der Waals surface area (Å²) < 4.78 is 5.85. The van der Waals surface area contributed by atoms with E-state index in [0.717, 1.165) is 25.0 Å². The lowest BCUT2D eigenvalue weighted by Crippen LogP contribution is -3.00. The molecule has 1 aliphatic carbocycles. The zero-order chi connectivity index (χ0) is 11.1. The van der Waals surface area contributed by atoms with Gasteiger partial charge in [0, 0.05) is 13.2 Å². The maximum Gasteiger partial charge on any atom is 0.0495 e. The fraction of sp³-hybridized carbons (Fsp3) is 1.00. The topological polar surface area (TPSA) is 21.3 Å². The number of hydrogen-bond acceptors (Lipinski definition) is 2. The van der Waals surface area contributed by atoms with Crippen LogP contribution in [0.5, 0.6) is 0 Å². The Balaban J connectivity index is 0.00000144. The van der Waals surface area contributed by atoms with Crippen molar-refractivity contribution >= 4 is 0 Å². The number of nitrogens with one attached hydrogen (secondary N) is 1. The van der Waals surface area contributed by atoms with E-state index in [1.54, 1.807) is 0 Å². The molecule has 17 heavy (non-hydrogen) atoms. The van der Waals surface area contributed by atoms with Crippen molar-refractivity contribution in [3.8, 4) is 0 Å². The summed E-state index contributed by atoms with van der Waals surface area (Å²) in [6.07, 6.45) is 11.2. The summed E-state index contributed by atoms with van der Waals surface area (Å²) in [5.74, 6) is 1.80. The molecule has 0 aromatic rings. The maximum atomic E-state index is 5.85. The highest BCUT2D eigenvalue weighted by Gasteiger charge is 2.15. The molecule has 1 N–H and O–H groups in total. The first-order chi connectivity index (χ1) is 7.95. The zero-order valence-corrected chi connectivity index (χ0v) is 11.7. The Kier molecular flexibility index (Phi) is 8.25. The largest absolute Gasteiger partial charge is 1.00 e. The van der Waals surface area contributed by atoms with Gasteiger partial charge in [0.2, 0.25) is 0 Å². The molecule has 3 heteroatoms. The predicted molar refractivity (Wildman–Crippen MR) is 67.6 cm³/mol. The van der Waals surface area contributed by atoms with Gasteiger partial charge < -0.3 is 22.5 Å². The molecule has 1 saturated heterocycles. The molecule has 0 radical (unpaired) electrons. The molecule has 2 nitrogen and oxygen atoms in total. The smallest absolute Gasteiger partial charge is 0.0495 e. The third-order valence-corrected chi connectivity index (χ3v) is 4.21. The van der Waals surface area contributed by atoms with E-state index in [4.69, 9.17) is 4.74 Å². The van der Waals surface area contributed by atoms with Crippen molar-refractivity contribution in [2.24, 2.45) is 11.8 Å². The third-order valence-electron chi connectivity index (χ3n) is 4.21. The number of hydrogen-bond donors (Lipinski definition) is 1. The zero-order valence-electron chi connectivity index (χ0n) is 10.9. The van der Waals surface area contributed by atoms with Crippen LogP contribution in [0, 0.1) is 11.8 Å². The Morgan fingerprint density at radius 2 is 1.59 bits per heavy atom. The van der Waals surface area contributed by atoms with Crippen LogP contribution in [-0.2, 0) is 4.74 Å². The quantitative estimate of drug-likeness (QED) is 0.702. The van der Waals surface area contributed by atoms with Gasteiger partial charge >= 0.3 is 0 Å². The minimum absolute atomic E-state index is 0. The van der Waals surface area contributed by atoms with Crippen LogP contribution in [0.25, 0.3) is 0 Å². The second kappa shape index (κ2) is 9.18. The second-order valence-electron chi connectivity index (χ2n) is 5.56. The van der Waals surface area contributed by atoms with Crippen molar-refractivity contribution in [3.63, 3.8) is 0 Å². The number of halogens is 1. The molecule has 0 amide bonds. The molecule has 2 aliphatic rings. The van der Waals surface area contributed by atoms with Gasteiger partial charge in [0.25, 0.3) is 0 Å². The van der Waals surface area contributed by atoms with Gasteiger partial charge in [-0.15, -0.1) is 0 Å².